The first-order valence-electron chi connectivity index (χ1n) is 6.32. The van der Waals surface area contributed by atoms with Gasteiger partial charge >= 0.3 is 0 Å². The van der Waals surface area contributed by atoms with Gasteiger partial charge in [0, 0.05) is 23.7 Å². The first-order valence-corrected chi connectivity index (χ1v) is 7.14. The lowest BCUT2D eigenvalue weighted by Crippen LogP contribution is -2.15. The highest BCUT2D eigenvalue weighted by Gasteiger charge is 2.14. The number of hydrogen-bond acceptors (Lipinski definition) is 4. The molecule has 7 heteroatoms. The number of nitrogens with zero attached hydrogens (tertiary/aromatic N) is 1. The monoisotopic (exact) mass is 307 g/mol. The summed E-state index contributed by atoms with van der Waals surface area (Å²) >= 11 is 1.34. The summed E-state index contributed by atoms with van der Waals surface area (Å²) < 4.78 is 13.7. The van der Waals surface area contributed by atoms with Crippen molar-refractivity contribution in [2.75, 3.05) is 10.6 Å². The molecule has 2 aromatic rings. The van der Waals surface area contributed by atoms with Crippen molar-refractivity contribution >= 4 is 34.0 Å². The minimum absolute atomic E-state index is 0.144. The second-order valence-corrected chi connectivity index (χ2v) is 5.43. The summed E-state index contributed by atoms with van der Waals surface area (Å²) in [6.45, 7) is 3.32. The molecule has 0 atom stereocenters. The number of thiazole rings is 1. The van der Waals surface area contributed by atoms with Gasteiger partial charge in [-0.2, -0.15) is 0 Å². The van der Waals surface area contributed by atoms with Crippen LogP contribution in [0.25, 0.3) is 0 Å². The number of benzene rings is 1. The van der Waals surface area contributed by atoms with Crippen molar-refractivity contribution in [2.45, 2.75) is 20.3 Å². The lowest BCUT2D eigenvalue weighted by Gasteiger charge is -2.07. The van der Waals surface area contributed by atoms with Gasteiger partial charge in [-0.15, -0.1) is 11.3 Å². The van der Waals surface area contributed by atoms with E-state index in [0.717, 1.165) is 17.4 Å². The molecule has 1 aromatic heterocycles. The predicted molar refractivity (Wildman–Crippen MR) is 80.1 cm³/mol. The number of amides is 2. The van der Waals surface area contributed by atoms with Gasteiger partial charge in [-0.25, -0.2) is 9.37 Å². The average molecular weight is 307 g/mol. The molecule has 0 bridgehead atoms. The average Bonchev–Trinajstić information content (AvgIpc) is 2.88. The van der Waals surface area contributed by atoms with Crippen LogP contribution >= 0.6 is 11.3 Å². The van der Waals surface area contributed by atoms with Crippen molar-refractivity contribution in [1.82, 2.24) is 4.98 Å². The molecule has 0 aliphatic rings. The normalized spacial score (nSPS) is 10.2. The smallest absolute Gasteiger partial charge is 0.260 e. The number of carbonyl (C=O) groups excluding carboxylic acids is 2. The quantitative estimate of drug-likeness (QED) is 0.912. The van der Waals surface area contributed by atoms with Crippen LogP contribution in [0, 0.1) is 5.82 Å². The van der Waals surface area contributed by atoms with Crippen molar-refractivity contribution < 1.29 is 14.0 Å². The molecular weight excluding hydrogens is 293 g/mol. The molecule has 0 saturated carbocycles. The molecule has 110 valence electrons. The van der Waals surface area contributed by atoms with Crippen LogP contribution in [0.3, 0.4) is 0 Å². The summed E-state index contributed by atoms with van der Waals surface area (Å²) in [5, 5.41) is 5.47. The van der Waals surface area contributed by atoms with Crippen molar-refractivity contribution in [3.63, 3.8) is 0 Å². The molecule has 0 radical (unpaired) electrons. The van der Waals surface area contributed by atoms with Crippen molar-refractivity contribution in [1.29, 1.82) is 0 Å². The number of anilines is 2. The Balaban J connectivity index is 2.19. The maximum atomic E-state index is 13.7. The fourth-order valence-corrected chi connectivity index (χ4v) is 2.42. The Bertz CT molecular complexity index is 685. The summed E-state index contributed by atoms with van der Waals surface area (Å²) in [4.78, 5) is 28.1. The molecule has 2 N–H and O–H groups in total. The Hall–Kier alpha value is -2.28. The van der Waals surface area contributed by atoms with E-state index in [0.29, 0.717) is 10.8 Å². The molecule has 0 aliphatic carbocycles. The van der Waals surface area contributed by atoms with Gasteiger partial charge in [0.05, 0.1) is 5.56 Å². The molecule has 2 amide bonds. The summed E-state index contributed by atoms with van der Waals surface area (Å²) in [5.41, 5.74) is 0.219. The molecule has 1 heterocycles. The van der Waals surface area contributed by atoms with Crippen molar-refractivity contribution in [3.05, 3.63) is 40.7 Å². The Kier molecular flexibility index (Phi) is 4.64. The SMILES string of the molecule is CCc1cnc(NC(=O)c2cc(NC(C)=O)ccc2F)s1. The lowest BCUT2D eigenvalue weighted by atomic mass is 10.1. The van der Waals surface area contributed by atoms with Crippen molar-refractivity contribution in [3.8, 4) is 0 Å². The van der Waals surface area contributed by atoms with E-state index in [1.807, 2.05) is 6.92 Å². The zero-order valence-corrected chi connectivity index (χ0v) is 12.4. The molecule has 21 heavy (non-hydrogen) atoms. The third-order valence-electron chi connectivity index (χ3n) is 2.65. The summed E-state index contributed by atoms with van der Waals surface area (Å²) in [6.07, 6.45) is 2.49. The topological polar surface area (TPSA) is 71.1 Å². The van der Waals surface area contributed by atoms with Gasteiger partial charge in [-0.1, -0.05) is 6.92 Å². The van der Waals surface area contributed by atoms with Gasteiger partial charge in [0.1, 0.15) is 5.82 Å². The minimum atomic E-state index is -0.658. The van der Waals surface area contributed by atoms with E-state index < -0.39 is 11.7 Å². The van der Waals surface area contributed by atoms with Gasteiger partial charge in [-0.3, -0.25) is 14.9 Å². The second kappa shape index (κ2) is 6.45. The van der Waals surface area contributed by atoms with Crippen LogP contribution in [0.15, 0.2) is 24.4 Å². The third-order valence-corrected chi connectivity index (χ3v) is 3.71. The van der Waals surface area contributed by atoms with Crippen LogP contribution in [0.2, 0.25) is 0 Å². The fraction of sp³-hybridized carbons (Fsp3) is 0.214. The van der Waals surface area contributed by atoms with Crippen LogP contribution in [0.4, 0.5) is 15.2 Å². The van der Waals surface area contributed by atoms with Gasteiger partial charge in [0.2, 0.25) is 5.91 Å². The van der Waals surface area contributed by atoms with E-state index in [-0.39, 0.29) is 11.5 Å². The number of rotatable bonds is 4. The molecule has 1 aromatic carbocycles. The minimum Gasteiger partial charge on any atom is -0.326 e. The van der Waals surface area contributed by atoms with Gasteiger partial charge in [0.25, 0.3) is 5.91 Å². The van der Waals surface area contributed by atoms with E-state index in [9.17, 15) is 14.0 Å². The van der Waals surface area contributed by atoms with Gasteiger partial charge in [-0.05, 0) is 24.6 Å². The van der Waals surface area contributed by atoms with Gasteiger partial charge in [0.15, 0.2) is 5.13 Å². The Labute approximate surface area is 125 Å². The standard InChI is InChI=1S/C14H14FN3O2S/c1-3-10-7-16-14(21-10)18-13(20)11-6-9(17-8(2)19)4-5-12(11)15/h4-7H,3H2,1-2H3,(H,17,19)(H,16,18,20). The van der Waals surface area contributed by atoms with E-state index in [1.165, 1.54) is 30.4 Å². The maximum absolute atomic E-state index is 13.7. The summed E-state index contributed by atoms with van der Waals surface area (Å²) in [6, 6.07) is 3.83. The molecule has 0 saturated heterocycles. The Morgan fingerprint density at radius 2 is 2.10 bits per heavy atom. The third kappa shape index (κ3) is 3.85. The number of carbonyl (C=O) groups is 2. The molecular formula is C14H14FN3O2S. The highest BCUT2D eigenvalue weighted by atomic mass is 32.1. The van der Waals surface area contributed by atoms with Crippen LogP contribution in [-0.4, -0.2) is 16.8 Å². The zero-order chi connectivity index (χ0) is 15.4. The number of nitrogens with one attached hydrogen (secondary N) is 2. The van der Waals surface area contributed by atoms with E-state index in [4.69, 9.17) is 0 Å². The first kappa shape index (κ1) is 15.1. The molecule has 2 rings (SSSR count). The first-order chi connectivity index (χ1) is 9.99. The van der Waals surface area contributed by atoms with Crippen LogP contribution in [0.1, 0.15) is 29.1 Å². The Morgan fingerprint density at radius 1 is 1.33 bits per heavy atom. The van der Waals surface area contributed by atoms with Gasteiger partial charge < -0.3 is 5.32 Å². The van der Waals surface area contributed by atoms with Crippen molar-refractivity contribution in [2.24, 2.45) is 0 Å². The lowest BCUT2D eigenvalue weighted by molar-refractivity contribution is -0.114. The molecule has 5 nitrogen and oxygen atoms in total. The van der Waals surface area contributed by atoms with E-state index in [2.05, 4.69) is 15.6 Å². The number of halogens is 1. The molecule has 0 aliphatic heterocycles. The number of aryl methyl sites for hydroxylation is 1. The van der Waals surface area contributed by atoms with Crippen LogP contribution in [0.5, 0.6) is 0 Å². The van der Waals surface area contributed by atoms with E-state index in [1.54, 1.807) is 6.20 Å². The summed E-state index contributed by atoms with van der Waals surface area (Å²) in [7, 11) is 0. The van der Waals surface area contributed by atoms with E-state index >= 15 is 0 Å². The maximum Gasteiger partial charge on any atom is 0.260 e. The number of hydrogen-bond donors (Lipinski definition) is 2. The van der Waals surface area contributed by atoms with Crippen LogP contribution < -0.4 is 10.6 Å². The zero-order valence-electron chi connectivity index (χ0n) is 11.6. The molecule has 0 spiro atoms. The largest absolute Gasteiger partial charge is 0.326 e. The second-order valence-electron chi connectivity index (χ2n) is 4.32. The fourth-order valence-electron chi connectivity index (χ4n) is 1.67. The highest BCUT2D eigenvalue weighted by molar-refractivity contribution is 7.15. The number of aromatic nitrogens is 1. The predicted octanol–water partition coefficient (Wildman–Crippen LogP) is 3.06. The summed E-state index contributed by atoms with van der Waals surface area (Å²) in [5.74, 6) is -1.55. The van der Waals surface area contributed by atoms with Crippen LogP contribution in [-0.2, 0) is 11.2 Å². The molecule has 0 unspecified atom stereocenters. The molecule has 0 fully saturated rings. The Morgan fingerprint density at radius 3 is 2.71 bits per heavy atom. The highest BCUT2D eigenvalue weighted by Crippen LogP contribution is 2.21.